The molecule has 0 aliphatic heterocycles. The van der Waals surface area contributed by atoms with E-state index in [0.717, 1.165) is 12.3 Å². The molecule has 1 saturated carbocycles. The molecule has 0 heterocycles. The Balaban J connectivity index is 2.21. The molecule has 2 nitrogen and oxygen atoms in total. The van der Waals surface area contributed by atoms with Crippen LogP contribution in [0.2, 0.25) is 0 Å². The fourth-order valence-corrected chi connectivity index (χ4v) is 2.56. The lowest BCUT2D eigenvalue weighted by atomic mass is 9.84. The van der Waals surface area contributed by atoms with Crippen LogP contribution in [-0.2, 0) is 0 Å². The van der Waals surface area contributed by atoms with Gasteiger partial charge in [-0.3, -0.25) is 0 Å². The number of alkyl halides is 1. The number of hydrogen-bond donors (Lipinski definition) is 2. The first-order valence-corrected chi connectivity index (χ1v) is 6.35. The van der Waals surface area contributed by atoms with Crippen LogP contribution in [0.5, 0.6) is 0 Å². The first kappa shape index (κ1) is 11.5. The zero-order valence-corrected chi connectivity index (χ0v) is 9.67. The van der Waals surface area contributed by atoms with Gasteiger partial charge in [0.2, 0.25) is 0 Å². The Kier molecular flexibility index (Phi) is 5.29. The highest BCUT2D eigenvalue weighted by Crippen LogP contribution is 2.27. The molecule has 0 spiro atoms. The van der Waals surface area contributed by atoms with E-state index in [1.54, 1.807) is 0 Å². The summed E-state index contributed by atoms with van der Waals surface area (Å²) in [6, 6.07) is -0.0394. The van der Waals surface area contributed by atoms with Crippen LogP contribution in [0.3, 0.4) is 0 Å². The Morgan fingerprint density at radius 2 is 1.92 bits per heavy atom. The normalized spacial score (nSPS) is 24.2. The van der Waals surface area contributed by atoms with E-state index in [1.165, 1.54) is 32.1 Å². The zero-order chi connectivity index (χ0) is 9.68. The van der Waals surface area contributed by atoms with E-state index in [4.69, 9.17) is 5.73 Å². The molecule has 0 bridgehead atoms. The van der Waals surface area contributed by atoms with Gasteiger partial charge in [-0.2, -0.15) is 0 Å². The van der Waals surface area contributed by atoms with Crippen LogP contribution in [0.25, 0.3) is 0 Å². The van der Waals surface area contributed by atoms with E-state index < -0.39 is 0 Å². The molecular formula is C10H20BrNO. The van der Waals surface area contributed by atoms with Crippen molar-refractivity contribution in [3.8, 4) is 0 Å². The van der Waals surface area contributed by atoms with E-state index in [9.17, 15) is 5.11 Å². The van der Waals surface area contributed by atoms with Gasteiger partial charge in [-0.25, -0.2) is 0 Å². The lowest BCUT2D eigenvalue weighted by molar-refractivity contribution is 0.148. The van der Waals surface area contributed by atoms with Gasteiger partial charge in [-0.15, -0.1) is 0 Å². The molecule has 0 aromatic heterocycles. The summed E-state index contributed by atoms with van der Waals surface area (Å²) in [5.74, 6) is 0.762. The van der Waals surface area contributed by atoms with Crippen molar-refractivity contribution < 1.29 is 5.11 Å². The Bertz CT molecular complexity index is 137. The summed E-state index contributed by atoms with van der Waals surface area (Å²) in [7, 11) is 0. The number of rotatable bonds is 4. The summed E-state index contributed by atoms with van der Waals surface area (Å²) in [6.45, 7) is 0. The highest BCUT2D eigenvalue weighted by atomic mass is 79.9. The minimum Gasteiger partial charge on any atom is -0.391 e. The molecule has 2 atom stereocenters. The predicted octanol–water partition coefficient (Wildman–Crippen LogP) is 2.04. The van der Waals surface area contributed by atoms with E-state index in [-0.39, 0.29) is 12.1 Å². The van der Waals surface area contributed by atoms with Gasteiger partial charge in [0.05, 0.1) is 6.10 Å². The van der Waals surface area contributed by atoms with Crippen LogP contribution < -0.4 is 5.73 Å². The molecule has 0 aromatic carbocycles. The fourth-order valence-electron chi connectivity index (χ4n) is 2.08. The third kappa shape index (κ3) is 3.96. The molecule has 0 saturated heterocycles. The van der Waals surface area contributed by atoms with Gasteiger partial charge in [0, 0.05) is 11.4 Å². The zero-order valence-electron chi connectivity index (χ0n) is 8.08. The van der Waals surface area contributed by atoms with Crippen molar-refractivity contribution in [2.75, 3.05) is 5.33 Å². The van der Waals surface area contributed by atoms with Gasteiger partial charge < -0.3 is 10.8 Å². The number of hydrogen-bond acceptors (Lipinski definition) is 2. The second-order valence-electron chi connectivity index (χ2n) is 4.13. The third-order valence-corrected chi connectivity index (χ3v) is 3.65. The van der Waals surface area contributed by atoms with Crippen LogP contribution >= 0.6 is 15.9 Å². The topological polar surface area (TPSA) is 46.2 Å². The Morgan fingerprint density at radius 1 is 1.31 bits per heavy atom. The van der Waals surface area contributed by atoms with Crippen molar-refractivity contribution in [1.29, 1.82) is 0 Å². The average molecular weight is 250 g/mol. The van der Waals surface area contributed by atoms with Crippen LogP contribution in [0.4, 0.5) is 0 Å². The minimum absolute atomic E-state index is 0.0394. The minimum atomic E-state index is -0.373. The second-order valence-corrected chi connectivity index (χ2v) is 4.77. The molecule has 3 heteroatoms. The van der Waals surface area contributed by atoms with Gasteiger partial charge in [-0.1, -0.05) is 48.0 Å². The maximum atomic E-state index is 9.49. The SMILES string of the molecule is N[C@@H](CC1CCCCC1)[C@@H](O)CBr. The monoisotopic (exact) mass is 249 g/mol. The Labute approximate surface area is 89.0 Å². The molecule has 1 aliphatic carbocycles. The van der Waals surface area contributed by atoms with Crippen molar-refractivity contribution >= 4 is 15.9 Å². The van der Waals surface area contributed by atoms with E-state index in [0.29, 0.717) is 5.33 Å². The predicted molar refractivity (Wildman–Crippen MR) is 59.0 cm³/mol. The number of aliphatic hydroxyl groups excluding tert-OH is 1. The molecule has 1 aliphatic rings. The van der Waals surface area contributed by atoms with Gasteiger partial charge in [0.1, 0.15) is 0 Å². The Hall–Kier alpha value is 0.400. The fraction of sp³-hybridized carbons (Fsp3) is 1.00. The highest BCUT2D eigenvalue weighted by molar-refractivity contribution is 9.09. The van der Waals surface area contributed by atoms with Crippen LogP contribution in [0, 0.1) is 5.92 Å². The molecule has 1 rings (SSSR count). The molecule has 0 amide bonds. The van der Waals surface area contributed by atoms with Crippen LogP contribution in [0.1, 0.15) is 38.5 Å². The Morgan fingerprint density at radius 3 is 2.46 bits per heavy atom. The van der Waals surface area contributed by atoms with Crippen molar-refractivity contribution in [3.05, 3.63) is 0 Å². The quantitative estimate of drug-likeness (QED) is 0.750. The molecule has 3 N–H and O–H groups in total. The highest BCUT2D eigenvalue weighted by Gasteiger charge is 2.20. The van der Waals surface area contributed by atoms with Gasteiger partial charge in [-0.05, 0) is 12.3 Å². The summed E-state index contributed by atoms with van der Waals surface area (Å²) in [6.07, 6.45) is 7.32. The second kappa shape index (κ2) is 5.99. The average Bonchev–Trinajstić information content (AvgIpc) is 2.18. The summed E-state index contributed by atoms with van der Waals surface area (Å²) in [5, 5.41) is 10.1. The maximum absolute atomic E-state index is 9.49. The molecule has 0 aromatic rings. The van der Waals surface area contributed by atoms with Crippen LogP contribution in [-0.4, -0.2) is 22.6 Å². The van der Waals surface area contributed by atoms with E-state index >= 15 is 0 Å². The third-order valence-electron chi connectivity index (χ3n) is 2.98. The lowest BCUT2D eigenvalue weighted by Crippen LogP contribution is -2.37. The number of nitrogens with two attached hydrogens (primary N) is 1. The number of aliphatic hydroxyl groups is 1. The van der Waals surface area contributed by atoms with Crippen LogP contribution in [0.15, 0.2) is 0 Å². The summed E-state index contributed by atoms with van der Waals surface area (Å²) in [4.78, 5) is 0. The summed E-state index contributed by atoms with van der Waals surface area (Å²) < 4.78 is 0. The molecule has 1 fully saturated rings. The smallest absolute Gasteiger partial charge is 0.0787 e. The molecule has 0 unspecified atom stereocenters. The number of halogens is 1. The maximum Gasteiger partial charge on any atom is 0.0787 e. The first-order chi connectivity index (χ1) is 6.24. The molecule has 0 radical (unpaired) electrons. The van der Waals surface area contributed by atoms with Gasteiger partial charge in [0.25, 0.3) is 0 Å². The lowest BCUT2D eigenvalue weighted by Gasteiger charge is -2.26. The van der Waals surface area contributed by atoms with Crippen molar-refractivity contribution in [2.24, 2.45) is 11.7 Å². The van der Waals surface area contributed by atoms with E-state index in [1.807, 2.05) is 0 Å². The summed E-state index contributed by atoms with van der Waals surface area (Å²) >= 11 is 3.25. The van der Waals surface area contributed by atoms with Crippen molar-refractivity contribution in [2.45, 2.75) is 50.7 Å². The molecule has 13 heavy (non-hydrogen) atoms. The molecule has 78 valence electrons. The largest absolute Gasteiger partial charge is 0.391 e. The first-order valence-electron chi connectivity index (χ1n) is 5.23. The van der Waals surface area contributed by atoms with Gasteiger partial charge >= 0.3 is 0 Å². The van der Waals surface area contributed by atoms with Crippen molar-refractivity contribution in [1.82, 2.24) is 0 Å². The molecular weight excluding hydrogens is 230 g/mol. The standard InChI is InChI=1S/C10H20BrNO/c11-7-10(13)9(12)6-8-4-2-1-3-5-8/h8-10,13H,1-7,12H2/t9-,10-/m0/s1. The summed E-state index contributed by atoms with van der Waals surface area (Å²) in [5.41, 5.74) is 5.88. The van der Waals surface area contributed by atoms with E-state index in [2.05, 4.69) is 15.9 Å². The van der Waals surface area contributed by atoms with Gasteiger partial charge in [0.15, 0.2) is 0 Å². The van der Waals surface area contributed by atoms with Crippen molar-refractivity contribution in [3.63, 3.8) is 0 Å².